The molecule has 1 rings (SSSR count). The Labute approximate surface area is 108 Å². The molecule has 0 spiro atoms. The molecule has 0 atom stereocenters. The molecule has 0 aliphatic carbocycles. The van der Waals surface area contributed by atoms with Gasteiger partial charge in [0, 0.05) is 5.57 Å². The molecule has 0 aliphatic heterocycles. The van der Waals surface area contributed by atoms with Crippen molar-refractivity contribution in [3.05, 3.63) is 59.3 Å². The van der Waals surface area contributed by atoms with Gasteiger partial charge >= 0.3 is 6.18 Å². The van der Waals surface area contributed by atoms with Crippen molar-refractivity contribution in [1.82, 2.24) is 0 Å². The van der Waals surface area contributed by atoms with E-state index in [0.29, 0.717) is 12.0 Å². The number of nitrogens with one attached hydrogen (secondary N) is 1. The van der Waals surface area contributed by atoms with Gasteiger partial charge in [-0.2, -0.15) is 13.2 Å². The average Bonchev–Trinajstić information content (AvgIpc) is 2.34. The molecule has 0 aromatic heterocycles. The lowest BCUT2D eigenvalue weighted by Gasteiger charge is -2.12. The van der Waals surface area contributed by atoms with E-state index in [0.717, 1.165) is 5.56 Å². The summed E-state index contributed by atoms with van der Waals surface area (Å²) < 4.78 is 54.9. The number of allylic oxidation sites excluding steroid dienone is 2. The van der Waals surface area contributed by atoms with E-state index in [1.807, 2.05) is 6.92 Å². The summed E-state index contributed by atoms with van der Waals surface area (Å²) in [4.78, 5) is 0. The van der Waals surface area contributed by atoms with Gasteiger partial charge in [0.25, 0.3) is 0 Å². The maximum atomic E-state index is 13.2. The van der Waals surface area contributed by atoms with Gasteiger partial charge in [-0.3, -0.25) is 0 Å². The lowest BCUT2D eigenvalue weighted by molar-refractivity contribution is -0.0916. The van der Waals surface area contributed by atoms with Gasteiger partial charge < -0.3 is 10.5 Å². The van der Waals surface area contributed by atoms with Crippen LogP contribution in [0, 0.1) is 6.92 Å². The lowest BCUT2D eigenvalue weighted by atomic mass is 10.2. The molecule has 0 fully saturated rings. The van der Waals surface area contributed by atoms with E-state index in [-0.39, 0.29) is 6.08 Å². The number of benzene rings is 1. The van der Waals surface area contributed by atoms with E-state index in [1.54, 1.807) is 24.3 Å². The molecule has 0 amide bonds. The molecule has 1 aromatic rings. The second-order valence-electron chi connectivity index (χ2n) is 3.78. The van der Waals surface area contributed by atoms with Crippen molar-refractivity contribution in [2.45, 2.75) is 13.1 Å². The first kappa shape index (κ1) is 15.2. The molecular formula is C13H12F4NO-. The molecule has 0 radical (unpaired) electrons. The Kier molecular flexibility index (Phi) is 5.11. The minimum absolute atomic E-state index is 0.251. The van der Waals surface area contributed by atoms with Crippen molar-refractivity contribution in [1.29, 1.82) is 0 Å². The van der Waals surface area contributed by atoms with E-state index in [2.05, 4.69) is 0 Å². The average molecular weight is 274 g/mol. The highest BCUT2D eigenvalue weighted by Crippen LogP contribution is 2.27. The summed E-state index contributed by atoms with van der Waals surface area (Å²) in [6, 6.07) is 6.58. The smallest absolute Gasteiger partial charge is 0.411 e. The third-order valence-electron chi connectivity index (χ3n) is 2.20. The van der Waals surface area contributed by atoms with Gasteiger partial charge in [-0.15, -0.1) is 6.54 Å². The number of halogens is 4. The normalized spacial score (nSPS) is 13.6. The summed E-state index contributed by atoms with van der Waals surface area (Å²) in [5, 5.41) is 0. The van der Waals surface area contributed by atoms with Crippen LogP contribution in [0.4, 0.5) is 17.6 Å². The van der Waals surface area contributed by atoms with E-state index in [4.69, 9.17) is 10.5 Å². The summed E-state index contributed by atoms with van der Waals surface area (Å²) >= 11 is 0. The van der Waals surface area contributed by atoms with E-state index in [1.165, 1.54) is 0 Å². The van der Waals surface area contributed by atoms with Gasteiger partial charge in [-0.05, 0) is 25.1 Å². The molecule has 0 heterocycles. The van der Waals surface area contributed by atoms with Crippen LogP contribution in [0.5, 0.6) is 5.75 Å². The molecule has 19 heavy (non-hydrogen) atoms. The molecule has 0 bridgehead atoms. The van der Waals surface area contributed by atoms with E-state index in [9.17, 15) is 17.6 Å². The van der Waals surface area contributed by atoms with E-state index < -0.39 is 24.1 Å². The predicted molar refractivity (Wildman–Crippen MR) is 64.3 cm³/mol. The van der Waals surface area contributed by atoms with Gasteiger partial charge in [0.1, 0.15) is 12.0 Å². The third-order valence-corrected chi connectivity index (χ3v) is 2.20. The highest BCUT2D eigenvalue weighted by atomic mass is 19.4. The molecule has 2 nitrogen and oxygen atoms in total. The lowest BCUT2D eigenvalue weighted by Crippen LogP contribution is -2.13. The molecular weight excluding hydrogens is 262 g/mol. The van der Waals surface area contributed by atoms with Crippen LogP contribution in [-0.2, 0) is 0 Å². The fourth-order valence-corrected chi connectivity index (χ4v) is 1.17. The molecule has 0 unspecified atom stereocenters. The Morgan fingerprint density at radius 1 is 1.26 bits per heavy atom. The molecule has 0 aliphatic rings. The largest absolute Gasteiger partial charge is 0.674 e. The summed E-state index contributed by atoms with van der Waals surface area (Å²) in [6.45, 7) is 0.808. The number of rotatable bonds is 4. The Morgan fingerprint density at radius 2 is 1.84 bits per heavy atom. The number of ether oxygens (including phenoxy) is 1. The molecule has 0 saturated carbocycles. The minimum Gasteiger partial charge on any atom is -0.674 e. The Morgan fingerprint density at radius 3 is 2.32 bits per heavy atom. The van der Waals surface area contributed by atoms with Gasteiger partial charge in [-0.1, -0.05) is 17.7 Å². The quantitative estimate of drug-likeness (QED) is 0.444. The number of aryl methyl sites for hydroxylation is 1. The molecule has 0 saturated heterocycles. The zero-order valence-corrected chi connectivity index (χ0v) is 10.1. The van der Waals surface area contributed by atoms with Crippen molar-refractivity contribution in [2.24, 2.45) is 0 Å². The minimum atomic E-state index is -4.71. The van der Waals surface area contributed by atoms with Crippen molar-refractivity contribution >= 4 is 0 Å². The number of hydrogen-bond donors (Lipinski definition) is 0. The Bertz CT molecular complexity index is 474. The van der Waals surface area contributed by atoms with Crippen molar-refractivity contribution < 1.29 is 22.3 Å². The highest BCUT2D eigenvalue weighted by molar-refractivity contribution is 5.28. The van der Waals surface area contributed by atoms with Crippen LogP contribution in [0.15, 0.2) is 48.0 Å². The molecule has 1 N–H and O–H groups in total. The Balaban J connectivity index is 2.77. The fraction of sp³-hybridized carbons (Fsp3) is 0.231. The Hall–Kier alpha value is -1.82. The summed E-state index contributed by atoms with van der Waals surface area (Å²) in [6.07, 6.45) is -3.88. The first-order valence-corrected chi connectivity index (χ1v) is 5.34. The molecule has 1 aromatic carbocycles. The van der Waals surface area contributed by atoms with Crippen molar-refractivity contribution in [2.75, 3.05) is 6.54 Å². The maximum absolute atomic E-state index is 13.2. The highest BCUT2D eigenvalue weighted by Gasteiger charge is 2.30. The van der Waals surface area contributed by atoms with E-state index >= 15 is 0 Å². The molecule has 6 heteroatoms. The monoisotopic (exact) mass is 274 g/mol. The first-order valence-electron chi connectivity index (χ1n) is 5.34. The molecule has 104 valence electrons. The van der Waals surface area contributed by atoms with Gasteiger partial charge in [0.2, 0.25) is 0 Å². The van der Waals surface area contributed by atoms with Gasteiger partial charge in [0.05, 0.1) is 0 Å². The van der Waals surface area contributed by atoms with Crippen LogP contribution in [0.2, 0.25) is 0 Å². The van der Waals surface area contributed by atoms with Crippen LogP contribution >= 0.6 is 0 Å². The zero-order valence-electron chi connectivity index (χ0n) is 10.1. The second kappa shape index (κ2) is 6.38. The summed E-state index contributed by atoms with van der Waals surface area (Å²) in [7, 11) is 0. The van der Waals surface area contributed by atoms with Crippen molar-refractivity contribution in [3.8, 4) is 5.75 Å². The van der Waals surface area contributed by atoms with Crippen molar-refractivity contribution in [3.63, 3.8) is 0 Å². The van der Waals surface area contributed by atoms with Crippen LogP contribution < -0.4 is 4.74 Å². The topological polar surface area (TPSA) is 33.0 Å². The van der Waals surface area contributed by atoms with Crippen LogP contribution in [0.1, 0.15) is 5.56 Å². The standard InChI is InChI=1S/C13H12F4NO/c1-9-2-4-12(5-3-9)19-8-11(14)6-10(7-18)13(15,16)17/h2-6,8,18H,7H2,1H3/q-1/b10-6+,11-8-. The summed E-state index contributed by atoms with van der Waals surface area (Å²) in [5.74, 6) is -0.881. The van der Waals surface area contributed by atoms with Crippen LogP contribution in [0.3, 0.4) is 0 Å². The third kappa shape index (κ3) is 5.13. The number of alkyl halides is 3. The predicted octanol–water partition coefficient (Wildman–Crippen LogP) is 4.73. The summed E-state index contributed by atoms with van der Waals surface area (Å²) in [5.41, 5.74) is 6.41. The SMILES string of the molecule is Cc1ccc(O/C=C(F)/C=C(\C[NH-])C(F)(F)F)cc1. The van der Waals surface area contributed by atoms with Crippen LogP contribution in [-0.4, -0.2) is 12.7 Å². The first-order chi connectivity index (χ1) is 8.82. The number of hydrogen-bond acceptors (Lipinski definition) is 1. The second-order valence-corrected chi connectivity index (χ2v) is 3.78. The zero-order chi connectivity index (χ0) is 14.5. The maximum Gasteiger partial charge on any atom is 0.411 e. The van der Waals surface area contributed by atoms with Gasteiger partial charge in [0.15, 0.2) is 5.83 Å². The fourth-order valence-electron chi connectivity index (χ4n) is 1.17. The van der Waals surface area contributed by atoms with Crippen LogP contribution in [0.25, 0.3) is 5.73 Å². The van der Waals surface area contributed by atoms with Gasteiger partial charge in [-0.25, -0.2) is 4.39 Å².